The zero-order valence-electron chi connectivity index (χ0n) is 15.7. The molecule has 3 N–H and O–H groups in total. The van der Waals surface area contributed by atoms with Gasteiger partial charge in [-0.25, -0.2) is 4.79 Å². The van der Waals surface area contributed by atoms with E-state index in [9.17, 15) is 18.0 Å². The van der Waals surface area contributed by atoms with Gasteiger partial charge in [0, 0.05) is 23.7 Å². The van der Waals surface area contributed by atoms with Crippen LogP contribution in [-0.4, -0.2) is 27.7 Å². The highest BCUT2D eigenvalue weighted by Crippen LogP contribution is 2.40. The molecule has 28 heavy (non-hydrogen) atoms. The van der Waals surface area contributed by atoms with Crippen molar-refractivity contribution in [3.63, 3.8) is 0 Å². The number of nitrogens with two attached hydrogens (primary N) is 1. The minimum Gasteiger partial charge on any atom is -0.415 e. The first-order valence-electron chi connectivity index (χ1n) is 8.72. The molecule has 0 aliphatic carbocycles. The van der Waals surface area contributed by atoms with E-state index < -0.39 is 30.0 Å². The highest BCUT2D eigenvalue weighted by Gasteiger charge is 2.45. The number of H-pyrrole nitrogens is 1. The zero-order chi connectivity index (χ0) is 20.6. The van der Waals surface area contributed by atoms with Crippen LogP contribution < -0.4 is 5.73 Å². The number of aromatic amines is 1. The number of alkyl halides is 3. The summed E-state index contributed by atoms with van der Waals surface area (Å²) in [6, 6.07) is 7.58. The average Bonchev–Trinajstić information content (AvgIpc) is 3.06. The summed E-state index contributed by atoms with van der Waals surface area (Å²) in [4.78, 5) is 13.7. The van der Waals surface area contributed by atoms with E-state index in [4.69, 9.17) is 10.5 Å². The maximum absolute atomic E-state index is 13.2. The van der Waals surface area contributed by atoms with Gasteiger partial charge in [-0.1, -0.05) is 36.8 Å². The molecule has 0 fully saturated rings. The van der Waals surface area contributed by atoms with Crippen LogP contribution in [0.4, 0.5) is 18.0 Å². The number of benzene rings is 1. The third-order valence-electron chi connectivity index (χ3n) is 4.63. The topological polar surface area (TPSA) is 84.2 Å². The third kappa shape index (κ3) is 3.89. The van der Waals surface area contributed by atoms with Crippen LogP contribution >= 0.6 is 0 Å². The van der Waals surface area contributed by atoms with Gasteiger partial charge in [-0.3, -0.25) is 10.00 Å². The molecule has 0 saturated heterocycles. The molecule has 1 aliphatic heterocycles. The monoisotopic (exact) mass is 394 g/mol. The Kier molecular flexibility index (Phi) is 5.20. The molecular formula is C19H21F3N4O2. The number of amides is 1. The predicted octanol–water partition coefficient (Wildman–Crippen LogP) is 4.31. The second kappa shape index (κ2) is 7.31. The van der Waals surface area contributed by atoms with Crippen molar-refractivity contribution in [2.75, 3.05) is 6.54 Å². The molecule has 150 valence electrons. The average molecular weight is 394 g/mol. The number of allylic oxidation sites excluding steroid dienone is 1. The fourth-order valence-corrected chi connectivity index (χ4v) is 3.22. The number of nitrogens with one attached hydrogen (secondary N) is 1. The van der Waals surface area contributed by atoms with E-state index in [1.165, 1.54) is 0 Å². The normalized spacial score (nSPS) is 20.1. The van der Waals surface area contributed by atoms with Gasteiger partial charge >= 0.3 is 12.3 Å². The second-order valence-electron chi connectivity index (χ2n) is 6.93. The molecule has 1 amide bonds. The van der Waals surface area contributed by atoms with Gasteiger partial charge in [0.2, 0.25) is 0 Å². The van der Waals surface area contributed by atoms with Gasteiger partial charge in [0.25, 0.3) is 0 Å². The van der Waals surface area contributed by atoms with Crippen molar-refractivity contribution in [3.8, 4) is 0 Å². The van der Waals surface area contributed by atoms with Crippen LogP contribution in [0.25, 0.3) is 6.08 Å². The van der Waals surface area contributed by atoms with Crippen molar-refractivity contribution < 1.29 is 22.7 Å². The van der Waals surface area contributed by atoms with E-state index >= 15 is 0 Å². The predicted molar refractivity (Wildman–Crippen MR) is 97.0 cm³/mol. The highest BCUT2D eigenvalue weighted by molar-refractivity contribution is 5.71. The summed E-state index contributed by atoms with van der Waals surface area (Å²) >= 11 is 0. The molecule has 2 atom stereocenters. The lowest BCUT2D eigenvalue weighted by Crippen LogP contribution is -2.45. The number of carbonyl (C=O) groups is 1. The molecule has 1 aliphatic rings. The Hall–Kier alpha value is -2.81. The number of halogens is 3. The number of hydrogen-bond acceptors (Lipinski definition) is 4. The fraction of sp³-hybridized carbons (Fsp3) is 0.368. The van der Waals surface area contributed by atoms with E-state index in [0.29, 0.717) is 5.76 Å². The Bertz CT molecular complexity index is 903. The smallest absolute Gasteiger partial charge is 0.415 e. The molecule has 1 aromatic heterocycles. The Balaban J connectivity index is 1.81. The molecule has 2 unspecified atom stereocenters. The number of fused-ring (bicyclic) bond motifs is 1. The minimum absolute atomic E-state index is 0.115. The number of aromatic nitrogens is 2. The van der Waals surface area contributed by atoms with Gasteiger partial charge in [0.15, 0.2) is 5.69 Å². The van der Waals surface area contributed by atoms with Gasteiger partial charge in [0.05, 0.1) is 0 Å². The van der Waals surface area contributed by atoms with Gasteiger partial charge < -0.3 is 10.5 Å². The maximum Gasteiger partial charge on any atom is 0.435 e. The summed E-state index contributed by atoms with van der Waals surface area (Å²) in [6.45, 7) is 5.36. The van der Waals surface area contributed by atoms with E-state index in [0.717, 1.165) is 16.0 Å². The van der Waals surface area contributed by atoms with E-state index in [1.807, 2.05) is 31.2 Å². The summed E-state index contributed by atoms with van der Waals surface area (Å²) in [7, 11) is 0. The minimum atomic E-state index is -4.67. The number of aryl methyl sites for hydroxylation is 1. The standard InChI is InChI=1S/C19H21F3N4O2/c1-10-4-6-13(7-5-10)8-12(3)28-18(27)26-9-11(2)15-14(17(26)23)16(25-24-15)19(20,21)22/h4-8,11,17H,9,23H2,1-3H3,(H,24,25)/b12-8+. The van der Waals surface area contributed by atoms with Crippen LogP contribution in [0.1, 0.15) is 54.0 Å². The second-order valence-corrected chi connectivity index (χ2v) is 6.93. The number of carbonyl (C=O) groups excluding carboxylic acids is 1. The number of rotatable bonds is 2. The van der Waals surface area contributed by atoms with E-state index in [1.54, 1.807) is 19.9 Å². The summed E-state index contributed by atoms with van der Waals surface area (Å²) in [5.41, 5.74) is 6.88. The van der Waals surface area contributed by atoms with Gasteiger partial charge in [-0.2, -0.15) is 18.3 Å². The van der Waals surface area contributed by atoms with Crippen molar-refractivity contribution in [1.29, 1.82) is 0 Å². The zero-order valence-corrected chi connectivity index (χ0v) is 15.7. The van der Waals surface area contributed by atoms with Crippen LogP contribution in [0.2, 0.25) is 0 Å². The van der Waals surface area contributed by atoms with E-state index in [-0.39, 0.29) is 17.8 Å². The Morgan fingerprint density at radius 3 is 2.61 bits per heavy atom. The van der Waals surface area contributed by atoms with Crippen molar-refractivity contribution in [2.45, 2.75) is 39.0 Å². The van der Waals surface area contributed by atoms with Gasteiger partial charge in [-0.15, -0.1) is 0 Å². The molecule has 6 nitrogen and oxygen atoms in total. The molecular weight excluding hydrogens is 373 g/mol. The van der Waals surface area contributed by atoms with Crippen molar-refractivity contribution >= 4 is 12.2 Å². The summed E-state index contributed by atoms with van der Waals surface area (Å²) < 4.78 is 45.0. The molecule has 3 rings (SSSR count). The van der Waals surface area contributed by atoms with Crippen LogP contribution in [0.3, 0.4) is 0 Å². The maximum atomic E-state index is 13.2. The molecule has 1 aromatic carbocycles. The Morgan fingerprint density at radius 1 is 1.36 bits per heavy atom. The first kappa shape index (κ1) is 19.9. The molecule has 2 heterocycles. The first-order chi connectivity index (χ1) is 13.1. The van der Waals surface area contributed by atoms with Crippen LogP contribution in [0.15, 0.2) is 30.0 Å². The molecule has 0 spiro atoms. The van der Waals surface area contributed by atoms with Gasteiger partial charge in [-0.05, 0) is 25.5 Å². The number of nitrogens with zero attached hydrogens (tertiary/aromatic N) is 2. The third-order valence-corrected chi connectivity index (χ3v) is 4.63. The summed E-state index contributed by atoms with van der Waals surface area (Å²) in [5, 5.41) is 5.78. The highest BCUT2D eigenvalue weighted by atomic mass is 19.4. The first-order valence-corrected chi connectivity index (χ1v) is 8.72. The largest absolute Gasteiger partial charge is 0.435 e. The molecule has 0 radical (unpaired) electrons. The van der Waals surface area contributed by atoms with Crippen molar-refractivity contribution in [2.24, 2.45) is 5.73 Å². The lowest BCUT2D eigenvalue weighted by atomic mass is 9.94. The summed E-state index contributed by atoms with van der Waals surface area (Å²) in [5.74, 6) is -0.0879. The lowest BCUT2D eigenvalue weighted by molar-refractivity contribution is -0.142. The van der Waals surface area contributed by atoms with Gasteiger partial charge in [0.1, 0.15) is 11.9 Å². The van der Waals surface area contributed by atoms with Crippen LogP contribution in [0.5, 0.6) is 0 Å². The quantitative estimate of drug-likeness (QED) is 0.744. The molecule has 0 saturated carbocycles. The Labute approximate surface area is 160 Å². The summed E-state index contributed by atoms with van der Waals surface area (Å²) in [6.07, 6.45) is -5.11. The lowest BCUT2D eigenvalue weighted by Gasteiger charge is -2.35. The van der Waals surface area contributed by atoms with Crippen molar-refractivity contribution in [3.05, 3.63) is 58.1 Å². The SMILES string of the molecule is C/C(=C\c1ccc(C)cc1)OC(=O)N1CC(C)c2[nH]nc(C(F)(F)F)c2C1N. The Morgan fingerprint density at radius 2 is 2.00 bits per heavy atom. The fourth-order valence-electron chi connectivity index (χ4n) is 3.22. The van der Waals surface area contributed by atoms with Crippen molar-refractivity contribution in [1.82, 2.24) is 15.1 Å². The molecule has 0 bridgehead atoms. The number of ether oxygens (including phenoxy) is 1. The van der Waals surface area contributed by atoms with Crippen LogP contribution in [-0.2, 0) is 10.9 Å². The number of hydrogen-bond donors (Lipinski definition) is 2. The van der Waals surface area contributed by atoms with E-state index in [2.05, 4.69) is 10.2 Å². The molecule has 9 heteroatoms. The van der Waals surface area contributed by atoms with Crippen LogP contribution in [0, 0.1) is 6.92 Å². The molecule has 2 aromatic rings.